The minimum Gasteiger partial charge on any atom is -0.497 e. The predicted octanol–water partition coefficient (Wildman–Crippen LogP) is 3.92. The summed E-state index contributed by atoms with van der Waals surface area (Å²) in [6.07, 6.45) is 1.92. The standard InChI is InChI=1S/C21H24N2O2/c1-13-4-6-18-17(10-13)16-8-9-22-19(21(16)23-18)12-14-11-15(24-2)5-7-20(14)25-3/h4-7,10-11,19,22-23H,8-9,12H2,1-3H3. The predicted molar refractivity (Wildman–Crippen MR) is 101 cm³/mol. The number of rotatable bonds is 4. The van der Waals surface area contributed by atoms with Crippen LogP contribution in [0.3, 0.4) is 0 Å². The maximum Gasteiger partial charge on any atom is 0.122 e. The van der Waals surface area contributed by atoms with Crippen LogP contribution in [0.5, 0.6) is 11.5 Å². The van der Waals surface area contributed by atoms with Gasteiger partial charge in [0.25, 0.3) is 0 Å². The molecule has 25 heavy (non-hydrogen) atoms. The fourth-order valence-electron chi connectivity index (χ4n) is 3.86. The Morgan fingerprint density at radius 2 is 1.96 bits per heavy atom. The number of fused-ring (bicyclic) bond motifs is 3. The van der Waals surface area contributed by atoms with Gasteiger partial charge in [-0.3, -0.25) is 0 Å². The molecule has 0 saturated carbocycles. The molecule has 1 aliphatic rings. The Balaban J connectivity index is 1.73. The molecule has 1 aliphatic heterocycles. The third-order valence-electron chi connectivity index (χ3n) is 5.12. The van der Waals surface area contributed by atoms with Gasteiger partial charge >= 0.3 is 0 Å². The van der Waals surface area contributed by atoms with Crippen molar-refractivity contribution in [3.8, 4) is 11.5 Å². The first-order valence-corrected chi connectivity index (χ1v) is 8.75. The van der Waals surface area contributed by atoms with Gasteiger partial charge in [0.2, 0.25) is 0 Å². The van der Waals surface area contributed by atoms with Crippen molar-refractivity contribution in [2.24, 2.45) is 0 Å². The molecule has 2 N–H and O–H groups in total. The highest BCUT2D eigenvalue weighted by molar-refractivity contribution is 5.85. The van der Waals surface area contributed by atoms with Crippen LogP contribution in [0.25, 0.3) is 10.9 Å². The van der Waals surface area contributed by atoms with Crippen LogP contribution in [0.4, 0.5) is 0 Å². The molecule has 2 aromatic carbocycles. The summed E-state index contributed by atoms with van der Waals surface area (Å²) in [6.45, 7) is 3.14. The minimum atomic E-state index is 0.248. The molecule has 2 heterocycles. The van der Waals surface area contributed by atoms with E-state index in [9.17, 15) is 0 Å². The van der Waals surface area contributed by atoms with Crippen LogP contribution in [0.1, 0.15) is 28.4 Å². The summed E-state index contributed by atoms with van der Waals surface area (Å²) in [5.41, 5.74) is 6.43. The second-order valence-corrected chi connectivity index (χ2v) is 6.70. The van der Waals surface area contributed by atoms with E-state index in [1.54, 1.807) is 14.2 Å². The molecule has 0 amide bonds. The lowest BCUT2D eigenvalue weighted by atomic mass is 9.94. The number of aromatic amines is 1. The summed E-state index contributed by atoms with van der Waals surface area (Å²) in [5.74, 6) is 1.76. The normalized spacial score (nSPS) is 16.7. The maximum absolute atomic E-state index is 5.56. The van der Waals surface area contributed by atoms with Crippen LogP contribution in [0.2, 0.25) is 0 Å². The van der Waals surface area contributed by atoms with Crippen molar-refractivity contribution >= 4 is 10.9 Å². The average molecular weight is 336 g/mol. The van der Waals surface area contributed by atoms with Gasteiger partial charge in [0.15, 0.2) is 0 Å². The summed E-state index contributed by atoms with van der Waals surface area (Å²) < 4.78 is 10.9. The van der Waals surface area contributed by atoms with E-state index < -0.39 is 0 Å². The first kappa shape index (κ1) is 16.0. The van der Waals surface area contributed by atoms with Gasteiger partial charge in [-0.2, -0.15) is 0 Å². The molecule has 4 rings (SSSR count). The number of H-pyrrole nitrogens is 1. The van der Waals surface area contributed by atoms with Crippen molar-refractivity contribution in [2.75, 3.05) is 20.8 Å². The van der Waals surface area contributed by atoms with Crippen LogP contribution < -0.4 is 14.8 Å². The molecule has 0 radical (unpaired) electrons. The second-order valence-electron chi connectivity index (χ2n) is 6.70. The largest absolute Gasteiger partial charge is 0.497 e. The number of aromatic nitrogens is 1. The lowest BCUT2D eigenvalue weighted by molar-refractivity contribution is 0.393. The van der Waals surface area contributed by atoms with Gasteiger partial charge in [0, 0.05) is 16.6 Å². The Morgan fingerprint density at radius 3 is 2.76 bits per heavy atom. The molecule has 0 saturated heterocycles. The molecule has 1 atom stereocenters. The number of ether oxygens (including phenoxy) is 2. The van der Waals surface area contributed by atoms with Crippen LogP contribution in [0.15, 0.2) is 36.4 Å². The molecule has 0 spiro atoms. The van der Waals surface area contributed by atoms with E-state index in [4.69, 9.17) is 9.47 Å². The number of nitrogens with one attached hydrogen (secondary N) is 2. The fraction of sp³-hybridized carbons (Fsp3) is 0.333. The highest BCUT2D eigenvalue weighted by atomic mass is 16.5. The van der Waals surface area contributed by atoms with Crippen LogP contribution in [-0.2, 0) is 12.8 Å². The van der Waals surface area contributed by atoms with E-state index in [0.29, 0.717) is 0 Å². The Kier molecular flexibility index (Phi) is 4.14. The van der Waals surface area contributed by atoms with E-state index >= 15 is 0 Å². The monoisotopic (exact) mass is 336 g/mol. The molecule has 4 heteroatoms. The van der Waals surface area contributed by atoms with E-state index in [1.165, 1.54) is 27.7 Å². The molecule has 0 aliphatic carbocycles. The summed E-state index contributed by atoms with van der Waals surface area (Å²) in [6, 6.07) is 12.9. The Labute approximate surface area is 148 Å². The molecular formula is C21H24N2O2. The molecule has 0 fully saturated rings. The summed E-state index contributed by atoms with van der Waals surface area (Å²) in [5, 5.41) is 5.02. The van der Waals surface area contributed by atoms with Gasteiger partial charge in [0.05, 0.1) is 20.3 Å². The van der Waals surface area contributed by atoms with Crippen molar-refractivity contribution < 1.29 is 9.47 Å². The number of methoxy groups -OCH3 is 2. The Bertz CT molecular complexity index is 914. The fourth-order valence-corrected chi connectivity index (χ4v) is 3.86. The van der Waals surface area contributed by atoms with Gasteiger partial charge in [-0.05, 0) is 67.8 Å². The molecule has 3 aromatic rings. The zero-order valence-electron chi connectivity index (χ0n) is 15.0. The van der Waals surface area contributed by atoms with Crippen molar-refractivity contribution in [2.45, 2.75) is 25.8 Å². The van der Waals surface area contributed by atoms with E-state index in [1.807, 2.05) is 12.1 Å². The SMILES string of the molecule is COc1ccc(OC)c(CC2NCCc3c2[nH]c2ccc(C)cc32)c1. The zero-order valence-corrected chi connectivity index (χ0v) is 15.0. The zero-order chi connectivity index (χ0) is 17.4. The summed E-state index contributed by atoms with van der Waals surface area (Å²) in [4.78, 5) is 3.65. The quantitative estimate of drug-likeness (QED) is 0.759. The first-order chi connectivity index (χ1) is 12.2. The molecule has 130 valence electrons. The van der Waals surface area contributed by atoms with E-state index in [-0.39, 0.29) is 6.04 Å². The number of hydrogen-bond donors (Lipinski definition) is 2. The number of aryl methyl sites for hydroxylation is 1. The lowest BCUT2D eigenvalue weighted by Gasteiger charge is -2.25. The molecule has 4 nitrogen and oxygen atoms in total. The van der Waals surface area contributed by atoms with E-state index in [0.717, 1.165) is 36.4 Å². The lowest BCUT2D eigenvalue weighted by Crippen LogP contribution is -2.31. The van der Waals surface area contributed by atoms with Gasteiger partial charge in [-0.15, -0.1) is 0 Å². The minimum absolute atomic E-state index is 0.248. The molecule has 1 unspecified atom stereocenters. The number of hydrogen-bond acceptors (Lipinski definition) is 3. The van der Waals surface area contributed by atoms with E-state index in [2.05, 4.69) is 41.5 Å². The maximum atomic E-state index is 5.56. The van der Waals surface area contributed by atoms with Crippen molar-refractivity contribution in [3.63, 3.8) is 0 Å². The highest BCUT2D eigenvalue weighted by Crippen LogP contribution is 2.34. The summed E-state index contributed by atoms with van der Waals surface area (Å²) in [7, 11) is 3.42. The van der Waals surface area contributed by atoms with Gasteiger partial charge in [-0.25, -0.2) is 0 Å². The highest BCUT2D eigenvalue weighted by Gasteiger charge is 2.25. The number of benzene rings is 2. The van der Waals surface area contributed by atoms with Crippen LogP contribution in [-0.4, -0.2) is 25.7 Å². The second kappa shape index (κ2) is 6.45. The third kappa shape index (κ3) is 2.87. The smallest absolute Gasteiger partial charge is 0.122 e. The molecule has 1 aromatic heterocycles. The van der Waals surface area contributed by atoms with Crippen molar-refractivity contribution in [1.29, 1.82) is 0 Å². The third-order valence-corrected chi connectivity index (χ3v) is 5.12. The van der Waals surface area contributed by atoms with Gasteiger partial charge < -0.3 is 19.8 Å². The van der Waals surface area contributed by atoms with Crippen molar-refractivity contribution in [3.05, 3.63) is 58.8 Å². The molecule has 0 bridgehead atoms. The Hall–Kier alpha value is -2.46. The van der Waals surface area contributed by atoms with Crippen LogP contribution >= 0.6 is 0 Å². The first-order valence-electron chi connectivity index (χ1n) is 8.75. The van der Waals surface area contributed by atoms with Gasteiger partial charge in [0.1, 0.15) is 11.5 Å². The summed E-state index contributed by atoms with van der Waals surface area (Å²) >= 11 is 0. The van der Waals surface area contributed by atoms with Crippen LogP contribution in [0, 0.1) is 6.92 Å². The van der Waals surface area contributed by atoms with Gasteiger partial charge in [-0.1, -0.05) is 11.6 Å². The Morgan fingerprint density at radius 1 is 1.08 bits per heavy atom. The molecular weight excluding hydrogens is 312 g/mol. The van der Waals surface area contributed by atoms with Crippen molar-refractivity contribution in [1.82, 2.24) is 10.3 Å². The average Bonchev–Trinajstić information content (AvgIpc) is 3.00. The topological polar surface area (TPSA) is 46.3 Å².